The molecule has 2 aromatic heterocycles. The molecule has 0 bridgehead atoms. The Labute approximate surface area is 167 Å². The molecular weight excluding hydrogens is 372 g/mol. The molecule has 1 aromatic carbocycles. The van der Waals surface area contributed by atoms with E-state index in [9.17, 15) is 9.59 Å². The smallest absolute Gasteiger partial charge is 0.289 e. The number of hydrogen-bond acceptors (Lipinski definition) is 5. The fraction of sp³-hybridized carbons (Fsp3) is 0.364. The van der Waals surface area contributed by atoms with Crippen LogP contribution in [0.3, 0.4) is 0 Å². The van der Waals surface area contributed by atoms with E-state index in [0.717, 1.165) is 32.4 Å². The Hall–Kier alpha value is -2.44. The van der Waals surface area contributed by atoms with E-state index in [-0.39, 0.29) is 17.1 Å². The maximum atomic E-state index is 12.9. The fourth-order valence-electron chi connectivity index (χ4n) is 4.38. The number of para-hydroxylation sites is 1. The molecule has 0 N–H and O–H groups in total. The van der Waals surface area contributed by atoms with Gasteiger partial charge < -0.3 is 9.32 Å². The highest BCUT2D eigenvalue weighted by Crippen LogP contribution is 2.28. The van der Waals surface area contributed by atoms with Crippen molar-refractivity contribution in [3.63, 3.8) is 0 Å². The summed E-state index contributed by atoms with van der Waals surface area (Å²) in [6, 6.07) is 11.1. The minimum atomic E-state index is -0.180. The van der Waals surface area contributed by atoms with Crippen LogP contribution in [0.15, 0.2) is 51.0 Å². The van der Waals surface area contributed by atoms with Gasteiger partial charge in [-0.1, -0.05) is 12.1 Å². The fourth-order valence-corrected chi connectivity index (χ4v) is 5.27. The van der Waals surface area contributed by atoms with Crippen LogP contribution >= 0.6 is 11.3 Å². The van der Waals surface area contributed by atoms with Crippen LogP contribution in [0.25, 0.3) is 11.0 Å². The molecule has 4 heterocycles. The van der Waals surface area contributed by atoms with Crippen molar-refractivity contribution in [2.75, 3.05) is 19.6 Å². The first-order valence-corrected chi connectivity index (χ1v) is 10.7. The van der Waals surface area contributed by atoms with Gasteiger partial charge in [0.05, 0.1) is 5.39 Å². The Morgan fingerprint density at radius 1 is 1.11 bits per heavy atom. The monoisotopic (exact) mass is 394 g/mol. The molecule has 1 amide bonds. The summed E-state index contributed by atoms with van der Waals surface area (Å²) < 4.78 is 5.73. The summed E-state index contributed by atoms with van der Waals surface area (Å²) in [6.07, 6.45) is 3.06. The number of hydrogen-bond donors (Lipinski definition) is 0. The molecule has 6 heteroatoms. The van der Waals surface area contributed by atoms with E-state index in [2.05, 4.69) is 16.3 Å². The molecule has 5 nitrogen and oxygen atoms in total. The number of amides is 1. The number of nitrogens with zero attached hydrogens (tertiary/aromatic N) is 2. The van der Waals surface area contributed by atoms with Crippen molar-refractivity contribution in [1.29, 1.82) is 0 Å². The topological polar surface area (TPSA) is 53.8 Å². The van der Waals surface area contributed by atoms with Gasteiger partial charge in [-0.05, 0) is 48.4 Å². The van der Waals surface area contributed by atoms with Crippen molar-refractivity contribution in [2.45, 2.75) is 31.8 Å². The number of fused-ring (bicyclic) bond motifs is 2. The van der Waals surface area contributed by atoms with Crippen LogP contribution in [-0.4, -0.2) is 41.4 Å². The number of thiophene rings is 1. The summed E-state index contributed by atoms with van der Waals surface area (Å²) in [4.78, 5) is 31.1. The third-order valence-electron chi connectivity index (χ3n) is 5.95. The molecule has 0 aliphatic carbocycles. The maximum absolute atomic E-state index is 12.9. The first-order chi connectivity index (χ1) is 13.7. The zero-order valence-electron chi connectivity index (χ0n) is 15.6. The van der Waals surface area contributed by atoms with Gasteiger partial charge in [0, 0.05) is 43.2 Å². The summed E-state index contributed by atoms with van der Waals surface area (Å²) >= 11 is 1.86. The average molecular weight is 394 g/mol. The summed E-state index contributed by atoms with van der Waals surface area (Å²) in [5.74, 6) is -0.0388. The van der Waals surface area contributed by atoms with Gasteiger partial charge in [-0.15, -0.1) is 11.3 Å². The van der Waals surface area contributed by atoms with Crippen LogP contribution in [-0.2, 0) is 13.0 Å². The highest BCUT2D eigenvalue weighted by molar-refractivity contribution is 7.10. The van der Waals surface area contributed by atoms with E-state index in [1.807, 2.05) is 22.3 Å². The van der Waals surface area contributed by atoms with Crippen LogP contribution in [0.5, 0.6) is 0 Å². The Morgan fingerprint density at radius 2 is 1.93 bits per heavy atom. The van der Waals surface area contributed by atoms with E-state index in [0.29, 0.717) is 30.1 Å². The summed E-state index contributed by atoms with van der Waals surface area (Å²) in [5, 5.41) is 2.70. The summed E-state index contributed by atoms with van der Waals surface area (Å²) in [6.45, 7) is 3.53. The maximum Gasteiger partial charge on any atom is 0.289 e. The standard InChI is InChI=1S/C22H22N2O3S/c25-18-13-20(27-19-4-2-1-3-17(18)19)22(26)23-9-5-16(6-10-23)24-11-7-21-15(14-24)8-12-28-21/h1-4,8,12-13,16H,5-7,9-11,14H2. The van der Waals surface area contributed by atoms with Gasteiger partial charge >= 0.3 is 0 Å². The number of carbonyl (C=O) groups is 1. The van der Waals surface area contributed by atoms with Gasteiger partial charge in [-0.25, -0.2) is 0 Å². The van der Waals surface area contributed by atoms with Crippen molar-refractivity contribution in [3.05, 3.63) is 68.2 Å². The van der Waals surface area contributed by atoms with Gasteiger partial charge in [-0.2, -0.15) is 0 Å². The Morgan fingerprint density at radius 3 is 2.79 bits per heavy atom. The van der Waals surface area contributed by atoms with E-state index >= 15 is 0 Å². The molecule has 0 saturated carbocycles. The van der Waals surface area contributed by atoms with Gasteiger partial charge in [0.25, 0.3) is 5.91 Å². The molecule has 5 rings (SSSR count). The molecule has 1 fully saturated rings. The largest absolute Gasteiger partial charge is 0.451 e. The number of benzene rings is 1. The SMILES string of the molecule is O=C(c1cc(=O)c2ccccc2o1)N1CCC(N2CCc3sccc3C2)CC1. The van der Waals surface area contributed by atoms with Gasteiger partial charge in [0.1, 0.15) is 5.58 Å². The van der Waals surface area contributed by atoms with Crippen molar-refractivity contribution in [3.8, 4) is 0 Å². The zero-order chi connectivity index (χ0) is 19.1. The second kappa shape index (κ2) is 7.18. The quantitative estimate of drug-likeness (QED) is 0.667. The van der Waals surface area contributed by atoms with Crippen LogP contribution < -0.4 is 5.43 Å². The number of likely N-dealkylation sites (tertiary alicyclic amines) is 1. The molecule has 0 radical (unpaired) electrons. The van der Waals surface area contributed by atoms with Crippen LogP contribution in [0.4, 0.5) is 0 Å². The first kappa shape index (κ1) is 17.6. The highest BCUT2D eigenvalue weighted by Gasteiger charge is 2.30. The predicted octanol–water partition coefficient (Wildman–Crippen LogP) is 3.52. The highest BCUT2D eigenvalue weighted by atomic mass is 32.1. The van der Waals surface area contributed by atoms with Crippen molar-refractivity contribution in [1.82, 2.24) is 9.80 Å². The van der Waals surface area contributed by atoms with E-state index < -0.39 is 0 Å². The lowest BCUT2D eigenvalue weighted by molar-refractivity contribution is 0.0572. The van der Waals surface area contributed by atoms with E-state index in [1.54, 1.807) is 18.2 Å². The summed E-state index contributed by atoms with van der Waals surface area (Å²) in [5.41, 5.74) is 1.76. The summed E-state index contributed by atoms with van der Waals surface area (Å²) in [7, 11) is 0. The normalized spacial score (nSPS) is 18.4. The van der Waals surface area contributed by atoms with Crippen molar-refractivity contribution >= 4 is 28.2 Å². The Kier molecular flexibility index (Phi) is 4.53. The number of piperidine rings is 1. The van der Waals surface area contributed by atoms with E-state index in [4.69, 9.17) is 4.42 Å². The average Bonchev–Trinajstić information content (AvgIpc) is 3.21. The molecule has 28 heavy (non-hydrogen) atoms. The molecule has 0 unspecified atom stereocenters. The number of rotatable bonds is 2. The van der Waals surface area contributed by atoms with Crippen LogP contribution in [0.1, 0.15) is 33.8 Å². The second-order valence-corrected chi connectivity index (χ2v) is 8.58. The predicted molar refractivity (Wildman–Crippen MR) is 110 cm³/mol. The zero-order valence-corrected chi connectivity index (χ0v) is 16.4. The lowest BCUT2D eigenvalue weighted by Crippen LogP contribution is -2.48. The van der Waals surface area contributed by atoms with Crippen molar-refractivity contribution in [2.24, 2.45) is 0 Å². The van der Waals surface area contributed by atoms with Crippen molar-refractivity contribution < 1.29 is 9.21 Å². The molecule has 0 spiro atoms. The second-order valence-electron chi connectivity index (χ2n) is 7.58. The Balaban J connectivity index is 1.27. The van der Waals surface area contributed by atoms with Crippen LogP contribution in [0.2, 0.25) is 0 Å². The minimum Gasteiger partial charge on any atom is -0.451 e. The van der Waals surface area contributed by atoms with Crippen LogP contribution in [0, 0.1) is 0 Å². The van der Waals surface area contributed by atoms with E-state index in [1.165, 1.54) is 16.5 Å². The molecule has 3 aromatic rings. The third kappa shape index (κ3) is 3.16. The molecular formula is C22H22N2O3S. The van der Waals surface area contributed by atoms with Gasteiger partial charge in [0.2, 0.25) is 0 Å². The third-order valence-corrected chi connectivity index (χ3v) is 6.97. The number of carbonyl (C=O) groups excluding carboxylic acids is 1. The first-order valence-electron chi connectivity index (χ1n) is 9.80. The Bertz CT molecular complexity index is 1080. The molecule has 0 atom stereocenters. The van der Waals surface area contributed by atoms with Gasteiger partial charge in [0.15, 0.2) is 11.2 Å². The molecule has 144 valence electrons. The molecule has 2 aliphatic rings. The molecule has 2 aliphatic heterocycles. The van der Waals surface area contributed by atoms with Gasteiger partial charge in [-0.3, -0.25) is 14.5 Å². The minimum absolute atomic E-state index is 0.142. The molecule has 1 saturated heterocycles. The lowest BCUT2D eigenvalue weighted by Gasteiger charge is -2.40. The lowest BCUT2D eigenvalue weighted by atomic mass is 9.99.